The molecule has 1 saturated heterocycles. The smallest absolute Gasteiger partial charge is 0.161 e. The van der Waals surface area contributed by atoms with Crippen LogP contribution < -0.4 is 14.4 Å². The van der Waals surface area contributed by atoms with Gasteiger partial charge in [-0.3, -0.25) is 4.90 Å². The quantitative estimate of drug-likeness (QED) is 0.856. The number of fused-ring (bicyclic) bond motifs is 1. The number of piperazine rings is 1. The molecule has 0 radical (unpaired) electrons. The summed E-state index contributed by atoms with van der Waals surface area (Å²) >= 11 is 0. The Hall–Kier alpha value is -2.20. The first kappa shape index (κ1) is 16.3. The minimum absolute atomic E-state index is 0.644. The summed E-state index contributed by atoms with van der Waals surface area (Å²) in [6.07, 6.45) is 0. The van der Waals surface area contributed by atoms with Gasteiger partial charge in [0.15, 0.2) is 11.5 Å². The molecular weight excluding hydrogens is 312 g/mol. The Bertz CT molecular complexity index is 731. The standard InChI is InChI=1S/C21H26N2O2/c1-16-4-3-5-17(2)21(16)23-10-8-22(9-11-23)15-18-6-7-19-20(14-18)25-13-12-24-19/h3-7,14H,8-13,15H2,1-2H3. The number of benzene rings is 2. The van der Waals surface area contributed by atoms with Crippen molar-refractivity contribution in [3.05, 3.63) is 53.1 Å². The highest BCUT2D eigenvalue weighted by Gasteiger charge is 2.20. The van der Waals surface area contributed by atoms with Crippen LogP contribution in [-0.4, -0.2) is 44.3 Å². The Labute approximate surface area is 150 Å². The monoisotopic (exact) mass is 338 g/mol. The fourth-order valence-electron chi connectivity index (χ4n) is 3.88. The SMILES string of the molecule is Cc1cccc(C)c1N1CCN(Cc2ccc3c(c2)OCCO3)CC1. The van der Waals surface area contributed by atoms with Crippen LogP contribution in [0.4, 0.5) is 5.69 Å². The van der Waals surface area contributed by atoms with E-state index in [0.717, 1.165) is 44.2 Å². The van der Waals surface area contributed by atoms with Crippen LogP contribution >= 0.6 is 0 Å². The molecule has 0 spiro atoms. The summed E-state index contributed by atoms with van der Waals surface area (Å²) in [6.45, 7) is 11.0. The summed E-state index contributed by atoms with van der Waals surface area (Å²) in [7, 11) is 0. The van der Waals surface area contributed by atoms with Crippen molar-refractivity contribution in [1.29, 1.82) is 0 Å². The molecule has 0 bridgehead atoms. The van der Waals surface area contributed by atoms with Gasteiger partial charge in [0, 0.05) is 38.4 Å². The summed E-state index contributed by atoms with van der Waals surface area (Å²) in [6, 6.07) is 12.9. The average Bonchev–Trinajstić information content (AvgIpc) is 2.63. The van der Waals surface area contributed by atoms with Crippen molar-refractivity contribution < 1.29 is 9.47 Å². The molecule has 1 fully saturated rings. The van der Waals surface area contributed by atoms with Crippen molar-refractivity contribution in [3.8, 4) is 11.5 Å². The number of aryl methyl sites for hydroxylation is 2. The zero-order valence-corrected chi connectivity index (χ0v) is 15.1. The molecule has 2 aliphatic rings. The molecule has 0 amide bonds. The van der Waals surface area contributed by atoms with E-state index in [9.17, 15) is 0 Å². The van der Waals surface area contributed by atoms with Crippen molar-refractivity contribution in [1.82, 2.24) is 4.90 Å². The van der Waals surface area contributed by atoms with E-state index in [1.807, 2.05) is 6.07 Å². The van der Waals surface area contributed by atoms with Crippen molar-refractivity contribution in [2.45, 2.75) is 20.4 Å². The average molecular weight is 338 g/mol. The van der Waals surface area contributed by atoms with Gasteiger partial charge in [0.05, 0.1) is 0 Å². The van der Waals surface area contributed by atoms with Gasteiger partial charge in [-0.2, -0.15) is 0 Å². The third-order valence-corrected chi connectivity index (χ3v) is 5.14. The highest BCUT2D eigenvalue weighted by molar-refractivity contribution is 5.59. The van der Waals surface area contributed by atoms with Gasteiger partial charge in [-0.15, -0.1) is 0 Å². The third kappa shape index (κ3) is 3.45. The molecule has 2 aromatic carbocycles. The maximum absolute atomic E-state index is 5.70. The first-order valence-corrected chi connectivity index (χ1v) is 9.13. The number of rotatable bonds is 3. The van der Waals surface area contributed by atoms with Crippen LogP contribution in [-0.2, 0) is 6.54 Å². The zero-order valence-electron chi connectivity index (χ0n) is 15.1. The van der Waals surface area contributed by atoms with Crippen LogP contribution in [0.2, 0.25) is 0 Å². The fraction of sp³-hybridized carbons (Fsp3) is 0.429. The molecule has 4 nitrogen and oxygen atoms in total. The summed E-state index contributed by atoms with van der Waals surface area (Å²) in [5, 5.41) is 0. The Morgan fingerprint density at radius 3 is 2.24 bits per heavy atom. The maximum atomic E-state index is 5.70. The van der Waals surface area contributed by atoms with Crippen LogP contribution in [0.3, 0.4) is 0 Å². The number of para-hydroxylation sites is 1. The summed E-state index contributed by atoms with van der Waals surface area (Å²) in [5.74, 6) is 1.76. The van der Waals surface area contributed by atoms with Gasteiger partial charge >= 0.3 is 0 Å². The van der Waals surface area contributed by atoms with Gasteiger partial charge in [0.2, 0.25) is 0 Å². The van der Waals surface area contributed by atoms with Crippen molar-refractivity contribution >= 4 is 5.69 Å². The third-order valence-electron chi connectivity index (χ3n) is 5.14. The molecule has 0 saturated carbocycles. The van der Waals surface area contributed by atoms with E-state index in [1.165, 1.54) is 22.4 Å². The number of hydrogen-bond donors (Lipinski definition) is 0. The van der Waals surface area contributed by atoms with Gasteiger partial charge < -0.3 is 14.4 Å². The van der Waals surface area contributed by atoms with Gasteiger partial charge in [-0.05, 0) is 42.7 Å². The number of ether oxygens (including phenoxy) is 2. The second-order valence-corrected chi connectivity index (χ2v) is 6.98. The summed E-state index contributed by atoms with van der Waals surface area (Å²) in [5.41, 5.74) is 5.46. The van der Waals surface area contributed by atoms with E-state index < -0.39 is 0 Å². The van der Waals surface area contributed by atoms with Crippen LogP contribution in [0.5, 0.6) is 11.5 Å². The molecule has 0 aliphatic carbocycles. The second-order valence-electron chi connectivity index (χ2n) is 6.98. The molecule has 0 unspecified atom stereocenters. The second kappa shape index (κ2) is 6.96. The maximum Gasteiger partial charge on any atom is 0.161 e. The molecule has 4 rings (SSSR count). The van der Waals surface area contributed by atoms with E-state index in [4.69, 9.17) is 9.47 Å². The molecule has 25 heavy (non-hydrogen) atoms. The summed E-state index contributed by atoms with van der Waals surface area (Å²) in [4.78, 5) is 5.06. The Morgan fingerprint density at radius 1 is 0.840 bits per heavy atom. The predicted octanol–water partition coefficient (Wildman–Crippen LogP) is 3.40. The normalized spacial score (nSPS) is 17.6. The zero-order chi connectivity index (χ0) is 17.2. The van der Waals surface area contributed by atoms with E-state index >= 15 is 0 Å². The van der Waals surface area contributed by atoms with Crippen molar-refractivity contribution in [2.24, 2.45) is 0 Å². The van der Waals surface area contributed by atoms with Gasteiger partial charge in [0.25, 0.3) is 0 Å². The highest BCUT2D eigenvalue weighted by Crippen LogP contribution is 2.31. The highest BCUT2D eigenvalue weighted by atomic mass is 16.6. The van der Waals surface area contributed by atoms with Crippen LogP contribution in [0.15, 0.2) is 36.4 Å². The number of anilines is 1. The molecule has 0 N–H and O–H groups in total. The number of nitrogens with zero attached hydrogens (tertiary/aromatic N) is 2. The first-order valence-electron chi connectivity index (χ1n) is 9.13. The van der Waals surface area contributed by atoms with E-state index in [0.29, 0.717) is 13.2 Å². The Balaban J connectivity index is 1.39. The van der Waals surface area contributed by atoms with Crippen LogP contribution in [0.25, 0.3) is 0 Å². The van der Waals surface area contributed by atoms with Gasteiger partial charge in [-0.25, -0.2) is 0 Å². The fourth-order valence-corrected chi connectivity index (χ4v) is 3.88. The lowest BCUT2D eigenvalue weighted by Gasteiger charge is -2.37. The van der Waals surface area contributed by atoms with Crippen molar-refractivity contribution in [2.75, 3.05) is 44.3 Å². The molecule has 0 atom stereocenters. The lowest BCUT2D eigenvalue weighted by Crippen LogP contribution is -2.46. The Morgan fingerprint density at radius 2 is 1.52 bits per heavy atom. The van der Waals surface area contributed by atoms with Gasteiger partial charge in [0.1, 0.15) is 13.2 Å². The molecule has 2 heterocycles. The van der Waals surface area contributed by atoms with E-state index in [-0.39, 0.29) is 0 Å². The lowest BCUT2D eigenvalue weighted by atomic mass is 10.1. The van der Waals surface area contributed by atoms with E-state index in [1.54, 1.807) is 0 Å². The lowest BCUT2D eigenvalue weighted by molar-refractivity contribution is 0.171. The van der Waals surface area contributed by atoms with Crippen LogP contribution in [0.1, 0.15) is 16.7 Å². The minimum atomic E-state index is 0.644. The molecule has 0 aromatic heterocycles. The van der Waals surface area contributed by atoms with Gasteiger partial charge in [-0.1, -0.05) is 24.3 Å². The summed E-state index contributed by atoms with van der Waals surface area (Å²) < 4.78 is 11.3. The molecule has 2 aromatic rings. The molecule has 132 valence electrons. The topological polar surface area (TPSA) is 24.9 Å². The first-order chi connectivity index (χ1) is 12.2. The van der Waals surface area contributed by atoms with Crippen molar-refractivity contribution in [3.63, 3.8) is 0 Å². The number of hydrogen-bond acceptors (Lipinski definition) is 4. The predicted molar refractivity (Wildman–Crippen MR) is 101 cm³/mol. The largest absolute Gasteiger partial charge is 0.486 e. The molecule has 4 heteroatoms. The van der Waals surface area contributed by atoms with Crippen LogP contribution in [0, 0.1) is 13.8 Å². The minimum Gasteiger partial charge on any atom is -0.486 e. The molecular formula is C21H26N2O2. The van der Waals surface area contributed by atoms with E-state index in [2.05, 4.69) is 54.0 Å². The Kier molecular flexibility index (Phi) is 4.53. The molecule has 2 aliphatic heterocycles.